The number of hydrogen-bond donors (Lipinski definition) is 5. The molecular formula is C21H41N3O5P+. The molecule has 0 aromatic heterocycles. The minimum atomic E-state index is -3.69. The first-order valence-corrected chi connectivity index (χ1v) is 13.1. The van der Waals surface area contributed by atoms with E-state index in [4.69, 9.17) is 5.73 Å². The van der Waals surface area contributed by atoms with Crippen LogP contribution in [-0.2, 0) is 14.4 Å². The maximum absolute atomic E-state index is 12.9. The number of ketones is 1. The molecular weight excluding hydrogens is 405 g/mol. The van der Waals surface area contributed by atoms with Crippen molar-refractivity contribution in [2.24, 2.45) is 23.5 Å². The van der Waals surface area contributed by atoms with E-state index < -0.39 is 43.2 Å². The molecule has 0 bridgehead atoms. The second kappa shape index (κ2) is 12.1. The highest BCUT2D eigenvalue weighted by molar-refractivity contribution is 7.66. The van der Waals surface area contributed by atoms with E-state index in [2.05, 4.69) is 10.6 Å². The van der Waals surface area contributed by atoms with Crippen LogP contribution in [0.3, 0.4) is 0 Å². The molecule has 6 N–H and O–H groups in total. The van der Waals surface area contributed by atoms with Crippen LogP contribution < -0.4 is 16.4 Å². The lowest BCUT2D eigenvalue weighted by molar-refractivity contribution is -0.132. The molecule has 8 nitrogen and oxygen atoms in total. The number of Topliss-reactive ketones (excluding diaryl/α,β-unsaturated/α-hetero) is 1. The van der Waals surface area contributed by atoms with Gasteiger partial charge in [-0.25, -0.2) is 9.79 Å². The lowest BCUT2D eigenvalue weighted by Crippen LogP contribution is -2.57. The Bertz CT molecular complexity index is 593. The molecule has 0 heterocycles. The first kappa shape index (κ1) is 27.0. The molecule has 1 aliphatic rings. The van der Waals surface area contributed by atoms with Crippen molar-refractivity contribution in [2.75, 3.05) is 6.16 Å². The van der Waals surface area contributed by atoms with Gasteiger partial charge in [0.15, 0.2) is 5.78 Å². The van der Waals surface area contributed by atoms with Gasteiger partial charge in [-0.05, 0) is 30.6 Å². The van der Waals surface area contributed by atoms with Crippen molar-refractivity contribution in [1.29, 1.82) is 0 Å². The lowest BCUT2D eigenvalue weighted by Gasteiger charge is -2.30. The molecule has 9 heteroatoms. The monoisotopic (exact) mass is 446 g/mol. The fraction of sp³-hybridized carbons (Fsp3) is 0.857. The molecule has 2 amide bonds. The summed E-state index contributed by atoms with van der Waals surface area (Å²) in [5.74, 6) is -3.06. The van der Waals surface area contributed by atoms with Crippen LogP contribution in [0.25, 0.3) is 0 Å². The van der Waals surface area contributed by atoms with Crippen molar-refractivity contribution in [3.8, 4) is 0 Å². The van der Waals surface area contributed by atoms with Crippen LogP contribution in [0.15, 0.2) is 0 Å². The van der Waals surface area contributed by atoms with E-state index in [1.807, 2.05) is 13.8 Å². The highest BCUT2D eigenvalue weighted by atomic mass is 31.2. The maximum atomic E-state index is 12.9. The molecule has 1 rings (SSSR count). The summed E-state index contributed by atoms with van der Waals surface area (Å²) in [6.07, 6.45) is 5.89. The van der Waals surface area contributed by atoms with Crippen LogP contribution in [0.2, 0.25) is 0 Å². The quantitative estimate of drug-likeness (QED) is 0.307. The molecule has 0 aliphatic heterocycles. The number of amides is 2. The van der Waals surface area contributed by atoms with Crippen LogP contribution in [0.5, 0.6) is 0 Å². The molecule has 1 saturated carbocycles. The second-order valence-corrected chi connectivity index (χ2v) is 11.6. The minimum Gasteiger partial charge on any atom is -0.343 e. The van der Waals surface area contributed by atoms with Gasteiger partial charge in [-0.15, -0.1) is 0 Å². The smallest absolute Gasteiger partial charge is 0.298 e. The third-order valence-electron chi connectivity index (χ3n) is 6.14. The van der Waals surface area contributed by atoms with Gasteiger partial charge in [-0.3, -0.25) is 14.4 Å². The predicted molar refractivity (Wildman–Crippen MR) is 120 cm³/mol. The number of carbonyl (C=O) groups excluding carboxylic acids is 3. The van der Waals surface area contributed by atoms with Crippen molar-refractivity contribution in [1.82, 2.24) is 10.6 Å². The Balaban J connectivity index is 2.89. The summed E-state index contributed by atoms with van der Waals surface area (Å²) in [4.78, 5) is 59.1. The molecule has 2 unspecified atom stereocenters. The topological polar surface area (TPSA) is 142 Å². The molecule has 30 heavy (non-hydrogen) atoms. The molecule has 0 radical (unpaired) electrons. The van der Waals surface area contributed by atoms with Gasteiger partial charge >= 0.3 is 0 Å². The second-order valence-electron chi connectivity index (χ2n) is 9.14. The Labute approximate surface area is 181 Å². The zero-order valence-electron chi connectivity index (χ0n) is 19.1. The van der Waals surface area contributed by atoms with E-state index in [-0.39, 0.29) is 23.9 Å². The van der Waals surface area contributed by atoms with Gasteiger partial charge in [0.25, 0.3) is 13.5 Å². The van der Waals surface area contributed by atoms with E-state index in [0.29, 0.717) is 0 Å². The minimum absolute atomic E-state index is 0.0465. The highest BCUT2D eigenvalue weighted by Crippen LogP contribution is 2.57. The standard InChI is InChI=1S/C21H40N3O5P/c1-6-14(4)17(22)19(26)23-18(13(2)3)20(27)24-21(15(5)25)30(28,29)12-16-10-8-7-9-11-16/h13-14,16-18,21,28-29H,6-12,22H2,1-5H3,(H-,23,24,26,27)/p+1/t14?,17-,18-,21?/m0/s1. The molecule has 174 valence electrons. The fourth-order valence-corrected chi connectivity index (χ4v) is 6.12. The number of nitrogens with one attached hydrogen (secondary N) is 2. The van der Waals surface area contributed by atoms with Gasteiger partial charge < -0.3 is 16.4 Å². The lowest BCUT2D eigenvalue weighted by atomic mass is 9.91. The van der Waals surface area contributed by atoms with Gasteiger partial charge in [-0.2, -0.15) is 0 Å². The van der Waals surface area contributed by atoms with E-state index >= 15 is 0 Å². The summed E-state index contributed by atoms with van der Waals surface area (Å²) >= 11 is 0. The summed E-state index contributed by atoms with van der Waals surface area (Å²) < 4.78 is 0. The maximum Gasteiger partial charge on any atom is 0.298 e. The number of carbonyl (C=O) groups is 3. The molecule has 1 aliphatic carbocycles. The predicted octanol–water partition coefficient (Wildman–Crippen LogP) is 1.94. The molecule has 1 fully saturated rings. The van der Waals surface area contributed by atoms with Crippen LogP contribution in [0, 0.1) is 17.8 Å². The van der Waals surface area contributed by atoms with Gasteiger partial charge in [0.2, 0.25) is 11.8 Å². The van der Waals surface area contributed by atoms with Crippen molar-refractivity contribution < 1.29 is 24.2 Å². The molecule has 4 atom stereocenters. The van der Waals surface area contributed by atoms with Crippen molar-refractivity contribution >= 4 is 25.3 Å². The summed E-state index contributed by atoms with van der Waals surface area (Å²) in [7, 11) is -3.69. The van der Waals surface area contributed by atoms with E-state index in [9.17, 15) is 24.2 Å². The Morgan fingerprint density at radius 2 is 1.60 bits per heavy atom. The zero-order chi connectivity index (χ0) is 23.1. The van der Waals surface area contributed by atoms with Crippen LogP contribution in [0.4, 0.5) is 0 Å². The largest absolute Gasteiger partial charge is 0.343 e. The van der Waals surface area contributed by atoms with Gasteiger partial charge in [0.05, 0.1) is 6.04 Å². The van der Waals surface area contributed by atoms with E-state index in [1.165, 1.54) is 6.92 Å². The molecule has 0 aromatic rings. The van der Waals surface area contributed by atoms with Crippen LogP contribution >= 0.6 is 7.72 Å². The van der Waals surface area contributed by atoms with Gasteiger partial charge in [-0.1, -0.05) is 53.4 Å². The molecule has 0 aromatic carbocycles. The van der Waals surface area contributed by atoms with Crippen LogP contribution in [-0.4, -0.2) is 51.4 Å². The van der Waals surface area contributed by atoms with Crippen molar-refractivity contribution in [3.05, 3.63) is 0 Å². The normalized spacial score (nSPS) is 19.6. The fourth-order valence-electron chi connectivity index (χ4n) is 3.87. The first-order valence-electron chi connectivity index (χ1n) is 11.1. The van der Waals surface area contributed by atoms with Gasteiger partial charge in [0, 0.05) is 6.92 Å². The zero-order valence-corrected chi connectivity index (χ0v) is 20.0. The van der Waals surface area contributed by atoms with Gasteiger partial charge in [0.1, 0.15) is 12.2 Å². The summed E-state index contributed by atoms with van der Waals surface area (Å²) in [6, 6.07) is -1.68. The SMILES string of the molecule is CCC(C)[C@H](N)C(=O)N[C@H](C(=O)NC(C(C)=O)[P+](O)(O)CC1CCCCC1)C(C)C. The molecule has 0 saturated heterocycles. The van der Waals surface area contributed by atoms with E-state index in [1.54, 1.807) is 13.8 Å². The first-order chi connectivity index (χ1) is 13.9. The third-order valence-corrected chi connectivity index (χ3v) is 8.51. The Hall–Kier alpha value is -1.08. The third kappa shape index (κ3) is 7.88. The highest BCUT2D eigenvalue weighted by Gasteiger charge is 2.50. The number of nitrogens with two attached hydrogens (primary N) is 1. The summed E-state index contributed by atoms with van der Waals surface area (Å²) in [5.41, 5.74) is 5.97. The van der Waals surface area contributed by atoms with Crippen LogP contribution in [0.1, 0.15) is 73.1 Å². The number of rotatable bonds is 11. The Kier molecular flexibility index (Phi) is 10.9. The van der Waals surface area contributed by atoms with Crippen molar-refractivity contribution in [2.45, 2.75) is 91.0 Å². The summed E-state index contributed by atoms with van der Waals surface area (Å²) in [5, 5.41) is 5.19. The average Bonchev–Trinajstić information content (AvgIpc) is 2.68. The summed E-state index contributed by atoms with van der Waals surface area (Å²) in [6.45, 7) is 8.58. The number of hydrogen-bond acceptors (Lipinski definition) is 6. The Morgan fingerprint density at radius 1 is 1.03 bits per heavy atom. The molecule has 0 spiro atoms. The van der Waals surface area contributed by atoms with Crippen molar-refractivity contribution in [3.63, 3.8) is 0 Å². The average molecular weight is 447 g/mol. The Morgan fingerprint density at radius 3 is 2.07 bits per heavy atom. The van der Waals surface area contributed by atoms with E-state index in [0.717, 1.165) is 38.5 Å².